The van der Waals surface area contributed by atoms with Gasteiger partial charge >= 0.3 is 0 Å². The van der Waals surface area contributed by atoms with E-state index < -0.39 is 6.10 Å². The largest absolute Gasteiger partial charge is 0.389 e. The Morgan fingerprint density at radius 2 is 2.00 bits per heavy atom. The van der Waals surface area contributed by atoms with E-state index in [0.717, 1.165) is 14.3 Å². The van der Waals surface area contributed by atoms with Gasteiger partial charge in [0.25, 0.3) is 0 Å². The lowest BCUT2D eigenvalue weighted by molar-refractivity contribution is 0.196. The topological polar surface area (TPSA) is 20.2 Å². The van der Waals surface area contributed by atoms with Crippen LogP contribution in [0.2, 0.25) is 0 Å². The third-order valence-electron chi connectivity index (χ3n) is 2.77. The van der Waals surface area contributed by atoms with Gasteiger partial charge in [0.2, 0.25) is 0 Å². The van der Waals surface area contributed by atoms with E-state index in [1.165, 1.54) is 17.8 Å². The first kappa shape index (κ1) is 14.6. The number of hydrogen-bond donors (Lipinski definition) is 1. The summed E-state index contributed by atoms with van der Waals surface area (Å²) in [5.74, 6) is -0.283. The van der Waals surface area contributed by atoms with Gasteiger partial charge in [-0.2, -0.15) is 0 Å². The van der Waals surface area contributed by atoms with Crippen molar-refractivity contribution >= 4 is 27.7 Å². The van der Waals surface area contributed by atoms with E-state index in [1.54, 1.807) is 19.9 Å². The molecule has 0 aliphatic rings. The molecule has 2 aromatic rings. The minimum absolute atomic E-state index is 0.283. The summed E-state index contributed by atoms with van der Waals surface area (Å²) in [6.45, 7) is 3.38. The molecule has 1 unspecified atom stereocenters. The number of halogens is 2. The van der Waals surface area contributed by atoms with E-state index in [2.05, 4.69) is 15.9 Å². The van der Waals surface area contributed by atoms with Crippen LogP contribution in [0.5, 0.6) is 0 Å². The fraction of sp³-hybridized carbons (Fsp3) is 0.200. The molecule has 19 heavy (non-hydrogen) atoms. The van der Waals surface area contributed by atoms with Crippen molar-refractivity contribution in [3.05, 3.63) is 57.8 Å². The second kappa shape index (κ2) is 6.07. The Morgan fingerprint density at radius 3 is 2.63 bits per heavy atom. The molecular weight excluding hydrogens is 327 g/mol. The van der Waals surface area contributed by atoms with Crippen molar-refractivity contribution in [2.24, 2.45) is 0 Å². The van der Waals surface area contributed by atoms with Gasteiger partial charge in [0.1, 0.15) is 5.82 Å². The van der Waals surface area contributed by atoms with E-state index >= 15 is 0 Å². The average molecular weight is 341 g/mol. The smallest absolute Gasteiger partial charge is 0.126 e. The van der Waals surface area contributed by atoms with Gasteiger partial charge in [-0.25, -0.2) is 4.39 Å². The summed E-state index contributed by atoms with van der Waals surface area (Å²) in [4.78, 5) is 1.93. The van der Waals surface area contributed by atoms with Gasteiger partial charge in [0.05, 0.1) is 6.10 Å². The molecule has 0 bridgehead atoms. The van der Waals surface area contributed by atoms with E-state index in [1.807, 2.05) is 24.3 Å². The molecule has 2 aromatic carbocycles. The third-order valence-corrected chi connectivity index (χ3v) is 4.32. The highest BCUT2D eigenvalue weighted by atomic mass is 79.9. The number of aryl methyl sites for hydroxylation is 1. The highest BCUT2D eigenvalue weighted by Gasteiger charge is 2.13. The zero-order chi connectivity index (χ0) is 14.0. The maximum Gasteiger partial charge on any atom is 0.126 e. The summed E-state index contributed by atoms with van der Waals surface area (Å²) >= 11 is 4.95. The van der Waals surface area contributed by atoms with Crippen molar-refractivity contribution in [1.82, 2.24) is 0 Å². The van der Waals surface area contributed by atoms with Crippen molar-refractivity contribution < 1.29 is 9.50 Å². The lowest BCUT2D eigenvalue weighted by Crippen LogP contribution is -1.97. The third kappa shape index (κ3) is 3.59. The summed E-state index contributed by atoms with van der Waals surface area (Å²) < 4.78 is 14.6. The van der Waals surface area contributed by atoms with Crippen LogP contribution >= 0.6 is 27.7 Å². The molecule has 1 N–H and O–H groups in total. The minimum atomic E-state index is -0.690. The molecule has 0 aromatic heterocycles. The second-order valence-electron chi connectivity index (χ2n) is 4.37. The predicted molar refractivity (Wildman–Crippen MR) is 80.0 cm³/mol. The first-order valence-electron chi connectivity index (χ1n) is 5.89. The van der Waals surface area contributed by atoms with Gasteiger partial charge in [0, 0.05) is 14.3 Å². The highest BCUT2D eigenvalue weighted by molar-refractivity contribution is 9.10. The number of hydrogen-bond acceptors (Lipinski definition) is 2. The van der Waals surface area contributed by atoms with Crippen molar-refractivity contribution in [2.45, 2.75) is 29.7 Å². The standard InChI is InChI=1S/C15H14BrFOS/c1-9-6-15(13(10(2)18)8-14(9)17)19-12-5-3-4-11(16)7-12/h3-8,10,18H,1-2H3. The summed E-state index contributed by atoms with van der Waals surface area (Å²) in [5, 5.41) is 9.76. The molecule has 4 heteroatoms. The fourth-order valence-electron chi connectivity index (χ4n) is 1.74. The maximum atomic E-state index is 13.6. The van der Waals surface area contributed by atoms with E-state index in [4.69, 9.17) is 0 Å². The molecule has 100 valence electrons. The van der Waals surface area contributed by atoms with E-state index in [0.29, 0.717) is 11.1 Å². The number of aliphatic hydroxyl groups is 1. The lowest BCUT2D eigenvalue weighted by atomic mass is 10.1. The molecule has 1 nitrogen and oxygen atoms in total. The SMILES string of the molecule is Cc1cc(Sc2cccc(Br)c2)c(C(C)O)cc1F. The molecule has 0 saturated heterocycles. The Balaban J connectivity index is 2.41. The van der Waals surface area contributed by atoms with Gasteiger partial charge in [0.15, 0.2) is 0 Å². The summed E-state index contributed by atoms with van der Waals surface area (Å²) in [5.41, 5.74) is 1.20. The van der Waals surface area contributed by atoms with Gasteiger partial charge in [-0.15, -0.1) is 0 Å². The molecule has 0 fully saturated rings. The van der Waals surface area contributed by atoms with Gasteiger partial charge in [-0.3, -0.25) is 0 Å². The normalized spacial score (nSPS) is 12.5. The summed E-state index contributed by atoms with van der Waals surface area (Å²) in [7, 11) is 0. The Morgan fingerprint density at radius 1 is 1.26 bits per heavy atom. The molecule has 0 aliphatic heterocycles. The Hall–Kier alpha value is -0.840. The first-order valence-corrected chi connectivity index (χ1v) is 7.50. The van der Waals surface area contributed by atoms with Crippen LogP contribution in [0.4, 0.5) is 4.39 Å². The fourth-order valence-corrected chi connectivity index (χ4v) is 3.46. The Kier molecular flexibility index (Phi) is 4.66. The van der Waals surface area contributed by atoms with Gasteiger partial charge in [-0.1, -0.05) is 33.8 Å². The number of rotatable bonds is 3. The van der Waals surface area contributed by atoms with Crippen molar-refractivity contribution in [1.29, 1.82) is 0 Å². The number of aliphatic hydroxyl groups excluding tert-OH is 1. The van der Waals surface area contributed by atoms with Crippen LogP contribution in [-0.2, 0) is 0 Å². The monoisotopic (exact) mass is 340 g/mol. The van der Waals surface area contributed by atoms with Crippen LogP contribution in [0.25, 0.3) is 0 Å². The van der Waals surface area contributed by atoms with Crippen molar-refractivity contribution in [3.8, 4) is 0 Å². The predicted octanol–water partition coefficient (Wildman–Crippen LogP) is 5.10. The quantitative estimate of drug-likeness (QED) is 0.838. The highest BCUT2D eigenvalue weighted by Crippen LogP contribution is 2.35. The number of benzene rings is 2. The molecule has 0 aliphatic carbocycles. The second-order valence-corrected chi connectivity index (χ2v) is 6.41. The van der Waals surface area contributed by atoms with E-state index in [9.17, 15) is 9.50 Å². The lowest BCUT2D eigenvalue weighted by Gasteiger charge is -2.13. The van der Waals surface area contributed by atoms with Crippen molar-refractivity contribution in [2.75, 3.05) is 0 Å². The molecule has 2 rings (SSSR count). The molecule has 0 radical (unpaired) electrons. The summed E-state index contributed by atoms with van der Waals surface area (Å²) in [6.07, 6.45) is -0.690. The zero-order valence-electron chi connectivity index (χ0n) is 10.7. The van der Waals surface area contributed by atoms with Crippen LogP contribution in [0.15, 0.2) is 50.7 Å². The van der Waals surface area contributed by atoms with Crippen LogP contribution in [0.1, 0.15) is 24.2 Å². The Labute approximate surface area is 125 Å². The van der Waals surface area contributed by atoms with Crippen molar-refractivity contribution in [3.63, 3.8) is 0 Å². The van der Waals surface area contributed by atoms with Crippen LogP contribution in [0.3, 0.4) is 0 Å². The maximum absolute atomic E-state index is 13.6. The van der Waals surface area contributed by atoms with E-state index in [-0.39, 0.29) is 5.82 Å². The van der Waals surface area contributed by atoms with Crippen LogP contribution in [-0.4, -0.2) is 5.11 Å². The molecule has 1 atom stereocenters. The molecular formula is C15H14BrFOS. The average Bonchev–Trinajstić information content (AvgIpc) is 2.33. The molecule has 0 heterocycles. The van der Waals surface area contributed by atoms with Gasteiger partial charge < -0.3 is 5.11 Å². The summed E-state index contributed by atoms with van der Waals surface area (Å²) in [6, 6.07) is 11.1. The Bertz CT molecular complexity index is 599. The molecule has 0 amide bonds. The van der Waals surface area contributed by atoms with Crippen LogP contribution in [0, 0.1) is 12.7 Å². The molecule has 0 spiro atoms. The molecule has 0 saturated carbocycles. The zero-order valence-corrected chi connectivity index (χ0v) is 13.1. The minimum Gasteiger partial charge on any atom is -0.389 e. The van der Waals surface area contributed by atoms with Gasteiger partial charge in [-0.05, 0) is 55.3 Å². The van der Waals surface area contributed by atoms with Crippen LogP contribution < -0.4 is 0 Å². The first-order chi connectivity index (χ1) is 8.97.